The molecule has 1 aromatic rings. The molecule has 1 aliphatic heterocycles. The van der Waals surface area contributed by atoms with Crippen LogP contribution in [0, 0.1) is 5.92 Å². The minimum absolute atomic E-state index is 0.124. The van der Waals surface area contributed by atoms with E-state index in [0.717, 1.165) is 25.1 Å². The van der Waals surface area contributed by atoms with Crippen LogP contribution in [0.4, 0.5) is 0 Å². The van der Waals surface area contributed by atoms with Crippen LogP contribution >= 0.6 is 0 Å². The van der Waals surface area contributed by atoms with Crippen molar-refractivity contribution in [3.63, 3.8) is 0 Å². The molecule has 104 valence electrons. The standard InChI is InChI=1S/C16H23NO2/c1-4-15(18)19-16(2,13-8-6-5-7-9-13)14-10-11-17(3)12-14/h5-9,14H,4,10-12H2,1-3H3/t14-,16+/m0/s1. The summed E-state index contributed by atoms with van der Waals surface area (Å²) in [5, 5.41) is 0. The smallest absolute Gasteiger partial charge is 0.306 e. The zero-order chi connectivity index (χ0) is 13.9. The lowest BCUT2D eigenvalue weighted by Gasteiger charge is -2.35. The van der Waals surface area contributed by atoms with Crippen molar-refractivity contribution in [3.05, 3.63) is 35.9 Å². The van der Waals surface area contributed by atoms with Crippen LogP contribution in [0.25, 0.3) is 0 Å². The number of hydrogen-bond acceptors (Lipinski definition) is 3. The third-order valence-electron chi connectivity index (χ3n) is 4.13. The SMILES string of the molecule is CCC(=O)O[C@](C)(c1ccccc1)[C@H]1CCN(C)C1. The third-order valence-corrected chi connectivity index (χ3v) is 4.13. The van der Waals surface area contributed by atoms with Crippen LogP contribution in [0.1, 0.15) is 32.3 Å². The highest BCUT2D eigenvalue weighted by atomic mass is 16.6. The number of carbonyl (C=O) groups is 1. The Balaban J connectivity index is 2.30. The first kappa shape index (κ1) is 14.1. The Labute approximate surface area is 115 Å². The Hall–Kier alpha value is -1.35. The first-order chi connectivity index (χ1) is 9.06. The number of ether oxygens (including phenoxy) is 1. The molecule has 1 fully saturated rings. The van der Waals surface area contributed by atoms with Gasteiger partial charge in [0.1, 0.15) is 5.60 Å². The molecule has 19 heavy (non-hydrogen) atoms. The molecular weight excluding hydrogens is 238 g/mol. The van der Waals surface area contributed by atoms with Gasteiger partial charge in [0.2, 0.25) is 0 Å². The first-order valence-electron chi connectivity index (χ1n) is 7.02. The molecule has 2 rings (SSSR count). The van der Waals surface area contributed by atoms with Gasteiger partial charge in [0.15, 0.2) is 0 Å². The molecular formula is C16H23NO2. The van der Waals surface area contributed by atoms with E-state index in [4.69, 9.17) is 4.74 Å². The molecule has 0 bridgehead atoms. The van der Waals surface area contributed by atoms with Gasteiger partial charge in [-0.15, -0.1) is 0 Å². The van der Waals surface area contributed by atoms with Gasteiger partial charge in [0.05, 0.1) is 0 Å². The molecule has 0 amide bonds. The summed E-state index contributed by atoms with van der Waals surface area (Å²) in [7, 11) is 2.12. The number of hydrogen-bond donors (Lipinski definition) is 0. The van der Waals surface area contributed by atoms with Crippen LogP contribution < -0.4 is 0 Å². The summed E-state index contributed by atoms with van der Waals surface area (Å²) < 4.78 is 5.84. The van der Waals surface area contributed by atoms with E-state index >= 15 is 0 Å². The maximum atomic E-state index is 11.8. The van der Waals surface area contributed by atoms with Gasteiger partial charge in [0, 0.05) is 18.9 Å². The second-order valence-electron chi connectivity index (χ2n) is 5.55. The van der Waals surface area contributed by atoms with Gasteiger partial charge in [-0.25, -0.2) is 0 Å². The highest BCUT2D eigenvalue weighted by Crippen LogP contribution is 2.38. The van der Waals surface area contributed by atoms with Gasteiger partial charge >= 0.3 is 5.97 Å². The predicted octanol–water partition coefficient (Wildman–Crippen LogP) is 2.81. The van der Waals surface area contributed by atoms with Crippen molar-refractivity contribution in [1.29, 1.82) is 0 Å². The van der Waals surface area contributed by atoms with E-state index in [9.17, 15) is 4.79 Å². The average molecular weight is 261 g/mol. The molecule has 0 unspecified atom stereocenters. The number of likely N-dealkylation sites (tertiary alicyclic amines) is 1. The zero-order valence-corrected chi connectivity index (χ0v) is 12.1. The van der Waals surface area contributed by atoms with Crippen LogP contribution in [0.2, 0.25) is 0 Å². The largest absolute Gasteiger partial charge is 0.454 e. The Morgan fingerprint density at radius 1 is 1.42 bits per heavy atom. The summed E-state index contributed by atoms with van der Waals surface area (Å²) in [6.07, 6.45) is 1.49. The average Bonchev–Trinajstić information content (AvgIpc) is 2.86. The highest BCUT2D eigenvalue weighted by molar-refractivity contribution is 5.69. The summed E-state index contributed by atoms with van der Waals surface area (Å²) >= 11 is 0. The van der Waals surface area contributed by atoms with Crippen LogP contribution in [0.15, 0.2) is 30.3 Å². The molecule has 3 nitrogen and oxygen atoms in total. The molecule has 0 spiro atoms. The Morgan fingerprint density at radius 3 is 2.63 bits per heavy atom. The molecule has 0 aliphatic carbocycles. The van der Waals surface area contributed by atoms with E-state index in [2.05, 4.69) is 31.0 Å². The second-order valence-corrected chi connectivity index (χ2v) is 5.55. The number of nitrogens with zero attached hydrogens (tertiary/aromatic N) is 1. The fraction of sp³-hybridized carbons (Fsp3) is 0.562. The second kappa shape index (κ2) is 5.74. The van der Waals surface area contributed by atoms with E-state index in [0.29, 0.717) is 12.3 Å². The summed E-state index contributed by atoms with van der Waals surface area (Å²) in [4.78, 5) is 14.1. The lowest BCUT2D eigenvalue weighted by molar-refractivity contribution is -0.164. The number of benzene rings is 1. The monoisotopic (exact) mass is 261 g/mol. The minimum Gasteiger partial charge on any atom is -0.454 e. The van der Waals surface area contributed by atoms with Gasteiger partial charge in [-0.2, -0.15) is 0 Å². The molecule has 0 aromatic heterocycles. The quantitative estimate of drug-likeness (QED) is 0.781. The lowest BCUT2D eigenvalue weighted by Crippen LogP contribution is -2.38. The van der Waals surface area contributed by atoms with Crippen LogP contribution in [-0.2, 0) is 15.1 Å². The fourth-order valence-corrected chi connectivity index (χ4v) is 2.84. The first-order valence-corrected chi connectivity index (χ1v) is 7.02. The Bertz CT molecular complexity index is 432. The Kier molecular flexibility index (Phi) is 4.25. The van der Waals surface area contributed by atoms with Crippen molar-refractivity contribution >= 4 is 5.97 Å². The van der Waals surface area contributed by atoms with Crippen molar-refractivity contribution < 1.29 is 9.53 Å². The molecule has 1 heterocycles. The summed E-state index contributed by atoms with van der Waals surface area (Å²) in [5.41, 5.74) is 0.580. The number of rotatable bonds is 4. The van der Waals surface area contributed by atoms with E-state index in [1.165, 1.54) is 0 Å². The zero-order valence-electron chi connectivity index (χ0n) is 12.1. The number of carbonyl (C=O) groups excluding carboxylic acids is 1. The molecule has 1 aliphatic rings. The van der Waals surface area contributed by atoms with Crippen molar-refractivity contribution in [2.45, 2.75) is 32.3 Å². The van der Waals surface area contributed by atoms with E-state index in [-0.39, 0.29) is 5.97 Å². The molecule has 2 atom stereocenters. The normalized spacial score (nSPS) is 23.0. The van der Waals surface area contributed by atoms with Crippen LogP contribution in [0.5, 0.6) is 0 Å². The van der Waals surface area contributed by atoms with Crippen molar-refractivity contribution in [3.8, 4) is 0 Å². The highest BCUT2D eigenvalue weighted by Gasteiger charge is 2.42. The van der Waals surface area contributed by atoms with Gasteiger partial charge in [0.25, 0.3) is 0 Å². The van der Waals surface area contributed by atoms with Crippen LogP contribution in [0.3, 0.4) is 0 Å². The van der Waals surface area contributed by atoms with Crippen molar-refractivity contribution in [2.24, 2.45) is 5.92 Å². The summed E-state index contributed by atoms with van der Waals surface area (Å²) in [6, 6.07) is 10.1. The predicted molar refractivity (Wildman–Crippen MR) is 75.8 cm³/mol. The van der Waals surface area contributed by atoms with Crippen molar-refractivity contribution in [2.75, 3.05) is 20.1 Å². The van der Waals surface area contributed by atoms with E-state index in [1.807, 2.05) is 25.1 Å². The number of esters is 1. The molecule has 3 heteroatoms. The Morgan fingerprint density at radius 2 is 2.11 bits per heavy atom. The summed E-state index contributed by atoms with van der Waals surface area (Å²) in [5.74, 6) is 0.233. The lowest BCUT2D eigenvalue weighted by atomic mass is 9.82. The molecule has 1 saturated heterocycles. The van der Waals surface area contributed by atoms with E-state index < -0.39 is 5.60 Å². The van der Waals surface area contributed by atoms with Crippen molar-refractivity contribution in [1.82, 2.24) is 4.90 Å². The van der Waals surface area contributed by atoms with Gasteiger partial charge in [-0.05, 0) is 32.5 Å². The summed E-state index contributed by atoms with van der Waals surface area (Å²) in [6.45, 7) is 5.94. The molecule has 0 N–H and O–H groups in total. The van der Waals surface area contributed by atoms with Gasteiger partial charge < -0.3 is 9.64 Å². The molecule has 0 radical (unpaired) electrons. The third kappa shape index (κ3) is 2.98. The van der Waals surface area contributed by atoms with E-state index in [1.54, 1.807) is 0 Å². The molecule has 1 aromatic carbocycles. The maximum Gasteiger partial charge on any atom is 0.306 e. The van der Waals surface area contributed by atoms with Crippen LogP contribution in [-0.4, -0.2) is 31.0 Å². The maximum absolute atomic E-state index is 11.8. The topological polar surface area (TPSA) is 29.5 Å². The van der Waals surface area contributed by atoms with Gasteiger partial charge in [-0.1, -0.05) is 37.3 Å². The van der Waals surface area contributed by atoms with Gasteiger partial charge in [-0.3, -0.25) is 4.79 Å². The molecule has 0 saturated carbocycles. The fourth-order valence-electron chi connectivity index (χ4n) is 2.84. The minimum atomic E-state index is -0.515.